The molecule has 0 bridgehead atoms. The van der Waals surface area contributed by atoms with Crippen molar-refractivity contribution in [2.24, 2.45) is 10.4 Å². The van der Waals surface area contributed by atoms with Gasteiger partial charge in [-0.3, -0.25) is 9.89 Å². The number of rotatable bonds is 5. The SMILES string of the molecule is CCc1cc(C2CCC2)c(C2CC2)cc1CN1CC2(CN=C(C)C2)C1. The van der Waals surface area contributed by atoms with Crippen LogP contribution >= 0.6 is 0 Å². The molecule has 3 fully saturated rings. The van der Waals surface area contributed by atoms with E-state index in [-0.39, 0.29) is 0 Å². The first-order valence-corrected chi connectivity index (χ1v) is 10.5. The Balaban J connectivity index is 1.35. The number of aryl methyl sites for hydroxylation is 1. The van der Waals surface area contributed by atoms with E-state index in [4.69, 9.17) is 0 Å². The summed E-state index contributed by atoms with van der Waals surface area (Å²) in [5.74, 6) is 1.76. The molecule has 0 atom stereocenters. The maximum atomic E-state index is 4.67. The van der Waals surface area contributed by atoms with E-state index in [9.17, 15) is 0 Å². The van der Waals surface area contributed by atoms with Crippen LogP contribution in [0, 0.1) is 5.41 Å². The average Bonchev–Trinajstić information content (AvgIpc) is 3.28. The van der Waals surface area contributed by atoms with Crippen molar-refractivity contribution in [3.63, 3.8) is 0 Å². The Labute approximate surface area is 152 Å². The third-order valence-corrected chi connectivity index (χ3v) is 7.18. The Morgan fingerprint density at radius 2 is 1.72 bits per heavy atom. The second-order valence-corrected chi connectivity index (χ2v) is 9.38. The molecule has 4 aliphatic rings. The van der Waals surface area contributed by atoms with Gasteiger partial charge in [-0.05, 0) is 79.5 Å². The van der Waals surface area contributed by atoms with E-state index >= 15 is 0 Å². The second-order valence-electron chi connectivity index (χ2n) is 9.38. The summed E-state index contributed by atoms with van der Waals surface area (Å²) in [5, 5.41) is 0. The molecule has 2 saturated carbocycles. The summed E-state index contributed by atoms with van der Waals surface area (Å²) in [6, 6.07) is 5.25. The smallest absolute Gasteiger partial charge is 0.0473 e. The van der Waals surface area contributed by atoms with E-state index in [2.05, 4.69) is 35.9 Å². The topological polar surface area (TPSA) is 15.6 Å². The van der Waals surface area contributed by atoms with Crippen LogP contribution in [-0.2, 0) is 13.0 Å². The molecule has 1 saturated heterocycles. The van der Waals surface area contributed by atoms with E-state index in [1.807, 2.05) is 0 Å². The molecule has 2 aliphatic heterocycles. The highest BCUT2D eigenvalue weighted by molar-refractivity contribution is 5.84. The van der Waals surface area contributed by atoms with Crippen LogP contribution in [0.3, 0.4) is 0 Å². The molecular formula is C23H32N2. The largest absolute Gasteiger partial charge is 0.298 e. The van der Waals surface area contributed by atoms with Gasteiger partial charge in [-0.1, -0.05) is 25.5 Å². The van der Waals surface area contributed by atoms with Crippen LogP contribution < -0.4 is 0 Å². The Morgan fingerprint density at radius 1 is 1.04 bits per heavy atom. The third kappa shape index (κ3) is 2.87. The Morgan fingerprint density at radius 3 is 2.24 bits per heavy atom. The van der Waals surface area contributed by atoms with Crippen molar-refractivity contribution in [1.82, 2.24) is 4.90 Å². The van der Waals surface area contributed by atoms with Gasteiger partial charge in [-0.15, -0.1) is 0 Å². The number of hydrogen-bond acceptors (Lipinski definition) is 2. The van der Waals surface area contributed by atoms with E-state index in [1.165, 1.54) is 63.7 Å². The lowest BCUT2D eigenvalue weighted by atomic mass is 9.75. The predicted octanol–water partition coefficient (Wildman–Crippen LogP) is 5.06. The standard InChI is InChI=1S/C23H32N2/c1-3-17-9-21(18-5-4-6-18)22(19-7-8-19)10-20(17)12-25-14-23(15-25)11-16(2)24-13-23/h9-10,18-19H,3-8,11-15H2,1-2H3. The molecule has 2 aliphatic carbocycles. The molecule has 134 valence electrons. The Hall–Kier alpha value is -1.15. The lowest BCUT2D eigenvalue weighted by Crippen LogP contribution is -2.56. The Bertz CT molecular complexity index is 703. The lowest BCUT2D eigenvalue weighted by Gasteiger charge is -2.48. The normalized spacial score (nSPS) is 25.8. The summed E-state index contributed by atoms with van der Waals surface area (Å²) in [6.45, 7) is 9.28. The fourth-order valence-electron chi connectivity index (χ4n) is 5.45. The highest BCUT2D eigenvalue weighted by Crippen LogP contribution is 2.48. The average molecular weight is 337 g/mol. The first kappa shape index (κ1) is 16.1. The minimum Gasteiger partial charge on any atom is -0.298 e. The molecule has 5 rings (SSSR count). The molecule has 1 aromatic carbocycles. The monoisotopic (exact) mass is 336 g/mol. The van der Waals surface area contributed by atoms with Crippen molar-refractivity contribution in [2.75, 3.05) is 19.6 Å². The van der Waals surface area contributed by atoms with Crippen LogP contribution in [0.4, 0.5) is 0 Å². The fourth-order valence-corrected chi connectivity index (χ4v) is 5.45. The van der Waals surface area contributed by atoms with Gasteiger partial charge in [0.25, 0.3) is 0 Å². The van der Waals surface area contributed by atoms with Gasteiger partial charge >= 0.3 is 0 Å². The Kier molecular flexibility index (Phi) is 3.82. The predicted molar refractivity (Wildman–Crippen MR) is 105 cm³/mol. The minimum absolute atomic E-state index is 0.502. The first-order chi connectivity index (χ1) is 12.2. The van der Waals surface area contributed by atoms with Gasteiger partial charge in [0.15, 0.2) is 0 Å². The zero-order valence-electron chi connectivity index (χ0n) is 16.0. The van der Waals surface area contributed by atoms with Crippen molar-refractivity contribution >= 4 is 5.71 Å². The molecule has 0 unspecified atom stereocenters. The zero-order valence-corrected chi connectivity index (χ0v) is 16.0. The highest BCUT2D eigenvalue weighted by Gasteiger charge is 2.45. The van der Waals surface area contributed by atoms with Crippen molar-refractivity contribution in [1.29, 1.82) is 0 Å². The van der Waals surface area contributed by atoms with Gasteiger partial charge in [0.05, 0.1) is 0 Å². The summed E-state index contributed by atoms with van der Waals surface area (Å²) in [5.41, 5.74) is 8.57. The van der Waals surface area contributed by atoms with Crippen LogP contribution in [-0.4, -0.2) is 30.2 Å². The molecule has 0 radical (unpaired) electrons. The summed E-state index contributed by atoms with van der Waals surface area (Å²) < 4.78 is 0. The summed E-state index contributed by atoms with van der Waals surface area (Å²) in [4.78, 5) is 7.34. The number of hydrogen-bond donors (Lipinski definition) is 0. The molecule has 0 N–H and O–H groups in total. The molecule has 25 heavy (non-hydrogen) atoms. The fraction of sp³-hybridized carbons (Fsp3) is 0.696. The molecular weight excluding hydrogens is 304 g/mol. The number of likely N-dealkylation sites (tertiary alicyclic amines) is 1. The molecule has 1 spiro atoms. The number of benzene rings is 1. The summed E-state index contributed by atoms with van der Waals surface area (Å²) in [6.07, 6.45) is 9.56. The molecule has 2 heteroatoms. The van der Waals surface area contributed by atoms with E-state index in [0.29, 0.717) is 5.41 Å². The van der Waals surface area contributed by atoms with E-state index in [0.717, 1.165) is 24.9 Å². The molecule has 2 nitrogen and oxygen atoms in total. The van der Waals surface area contributed by atoms with Crippen molar-refractivity contribution in [2.45, 2.75) is 77.2 Å². The molecule has 0 aromatic heterocycles. The van der Waals surface area contributed by atoms with Crippen molar-refractivity contribution in [3.8, 4) is 0 Å². The van der Waals surface area contributed by atoms with Gasteiger partial charge in [0, 0.05) is 37.3 Å². The lowest BCUT2D eigenvalue weighted by molar-refractivity contribution is 0.0129. The summed E-state index contributed by atoms with van der Waals surface area (Å²) >= 11 is 0. The van der Waals surface area contributed by atoms with Gasteiger partial charge in [0.2, 0.25) is 0 Å². The van der Waals surface area contributed by atoms with Crippen LogP contribution in [0.5, 0.6) is 0 Å². The third-order valence-electron chi connectivity index (χ3n) is 7.18. The van der Waals surface area contributed by atoms with Crippen LogP contribution in [0.1, 0.15) is 86.5 Å². The van der Waals surface area contributed by atoms with Gasteiger partial charge in [-0.25, -0.2) is 0 Å². The van der Waals surface area contributed by atoms with Crippen molar-refractivity contribution < 1.29 is 0 Å². The maximum Gasteiger partial charge on any atom is 0.0473 e. The van der Waals surface area contributed by atoms with Crippen LogP contribution in [0.25, 0.3) is 0 Å². The molecule has 2 heterocycles. The zero-order chi connectivity index (χ0) is 17.0. The minimum atomic E-state index is 0.502. The maximum absolute atomic E-state index is 4.67. The second kappa shape index (κ2) is 5.94. The molecule has 1 aromatic rings. The van der Waals surface area contributed by atoms with Gasteiger partial charge in [0.1, 0.15) is 0 Å². The van der Waals surface area contributed by atoms with Crippen molar-refractivity contribution in [3.05, 3.63) is 34.4 Å². The summed E-state index contributed by atoms with van der Waals surface area (Å²) in [7, 11) is 0. The first-order valence-electron chi connectivity index (χ1n) is 10.5. The van der Waals surface area contributed by atoms with Crippen LogP contribution in [0.15, 0.2) is 17.1 Å². The highest BCUT2D eigenvalue weighted by atomic mass is 15.2. The van der Waals surface area contributed by atoms with Gasteiger partial charge < -0.3 is 0 Å². The van der Waals surface area contributed by atoms with E-state index in [1.54, 1.807) is 22.3 Å². The molecule has 0 amide bonds. The number of nitrogens with zero attached hydrogens (tertiary/aromatic N) is 2. The van der Waals surface area contributed by atoms with Crippen LogP contribution in [0.2, 0.25) is 0 Å². The quantitative estimate of drug-likeness (QED) is 0.734. The van der Waals surface area contributed by atoms with Gasteiger partial charge in [-0.2, -0.15) is 0 Å². The number of aliphatic imine (C=N–C) groups is 1. The van der Waals surface area contributed by atoms with E-state index < -0.39 is 0 Å².